The molecule has 10 aromatic rings. The summed E-state index contributed by atoms with van der Waals surface area (Å²) in [5.74, 6) is 1.16. The van der Waals surface area contributed by atoms with Gasteiger partial charge in [-0.05, 0) is 29.8 Å². The Hall–Kier alpha value is -5.84. The number of aryl methyl sites for hydroxylation is 1. The van der Waals surface area contributed by atoms with Crippen LogP contribution < -0.4 is 4.74 Å². The first-order valence-corrected chi connectivity index (χ1v) is 15.9. The Balaban J connectivity index is 0.00000325. The van der Waals surface area contributed by atoms with Crippen molar-refractivity contribution < 1.29 is 25.8 Å². The third kappa shape index (κ3) is 4.56. The van der Waals surface area contributed by atoms with Crippen molar-refractivity contribution in [3.8, 4) is 34.0 Å². The molecule has 0 N–H and O–H groups in total. The smallest absolute Gasteiger partial charge is 0.497 e. The van der Waals surface area contributed by atoms with Crippen LogP contribution in [0.5, 0.6) is 11.5 Å². The van der Waals surface area contributed by atoms with Crippen molar-refractivity contribution >= 4 is 54.8 Å². The summed E-state index contributed by atoms with van der Waals surface area (Å²) >= 11 is 0. The molecular formula is C42H25N5OPt. The predicted molar refractivity (Wildman–Crippen MR) is 192 cm³/mol. The minimum atomic E-state index is 0. The minimum Gasteiger partial charge on any atom is -0.497 e. The summed E-state index contributed by atoms with van der Waals surface area (Å²) in [5, 5.41) is 6.00. The molecule has 5 heterocycles. The molecule has 0 saturated heterocycles. The zero-order valence-electron chi connectivity index (χ0n) is 26.2. The van der Waals surface area contributed by atoms with Crippen LogP contribution in [0.3, 0.4) is 0 Å². The van der Waals surface area contributed by atoms with Crippen molar-refractivity contribution in [1.82, 2.24) is 23.8 Å². The fourth-order valence-electron chi connectivity index (χ4n) is 7.00. The number of pyridine rings is 3. The Labute approximate surface area is 295 Å². The maximum absolute atomic E-state index is 6.53. The summed E-state index contributed by atoms with van der Waals surface area (Å²) in [6.45, 7) is 2.01. The Morgan fingerprint density at radius 1 is 0.571 bits per heavy atom. The Morgan fingerprint density at radius 3 is 1.96 bits per heavy atom. The molecule has 7 heteroatoms. The second kappa shape index (κ2) is 11.4. The van der Waals surface area contributed by atoms with Crippen molar-refractivity contribution in [3.05, 3.63) is 152 Å². The first kappa shape index (κ1) is 29.3. The van der Waals surface area contributed by atoms with Gasteiger partial charge in [0, 0.05) is 46.2 Å². The van der Waals surface area contributed by atoms with Crippen LogP contribution in [0.15, 0.2) is 134 Å². The topological polar surface area (TPSA) is 56.7 Å². The average molecular weight is 811 g/mol. The number of fused-ring (bicyclic) bond motifs is 12. The van der Waals surface area contributed by atoms with Crippen LogP contribution in [-0.4, -0.2) is 23.8 Å². The summed E-state index contributed by atoms with van der Waals surface area (Å²) in [7, 11) is 0. The molecule has 0 fully saturated rings. The van der Waals surface area contributed by atoms with E-state index in [4.69, 9.17) is 19.7 Å². The van der Waals surface area contributed by atoms with Gasteiger partial charge in [-0.15, -0.1) is 12.1 Å². The molecule has 0 aliphatic heterocycles. The van der Waals surface area contributed by atoms with Crippen LogP contribution in [0.25, 0.3) is 77.3 Å². The molecule has 49 heavy (non-hydrogen) atoms. The molecular weight excluding hydrogens is 786 g/mol. The van der Waals surface area contributed by atoms with Crippen molar-refractivity contribution in [2.75, 3.05) is 0 Å². The van der Waals surface area contributed by atoms with Gasteiger partial charge >= 0.3 is 21.1 Å². The van der Waals surface area contributed by atoms with Gasteiger partial charge in [0.1, 0.15) is 5.65 Å². The van der Waals surface area contributed by atoms with E-state index in [0.717, 1.165) is 83.0 Å². The standard InChI is InChI=1S/C42H25N5O.Pt/c1-26-25-46-37-17-9-8-15-33(37)31-20-18-29(23-35(31)41(46)44-26)48-30-19-21-32-34-16-10-22-43-40(34)47-39(28-13-6-3-7-14-28)38(27-11-4-2-5-12-27)45-42(47)36(32)24-30;/h2-22,25H,1H3;/q-2;+2. The third-order valence-electron chi connectivity index (χ3n) is 9.05. The molecule has 0 amide bonds. The molecule has 6 nitrogen and oxygen atoms in total. The normalized spacial score (nSPS) is 11.6. The molecule has 0 bridgehead atoms. The fraction of sp³-hybridized carbons (Fsp3) is 0.0238. The molecule has 234 valence electrons. The number of benzene rings is 5. The van der Waals surface area contributed by atoms with E-state index < -0.39 is 0 Å². The first-order valence-electron chi connectivity index (χ1n) is 15.9. The maximum atomic E-state index is 6.53. The fourth-order valence-corrected chi connectivity index (χ4v) is 7.00. The molecule has 0 aliphatic rings. The summed E-state index contributed by atoms with van der Waals surface area (Å²) in [6.07, 6.45) is 3.90. The zero-order chi connectivity index (χ0) is 31.8. The number of para-hydroxylation sites is 1. The Bertz CT molecular complexity index is 2880. The molecule has 5 aromatic heterocycles. The summed E-state index contributed by atoms with van der Waals surface area (Å²) < 4.78 is 10.8. The van der Waals surface area contributed by atoms with Gasteiger partial charge in [-0.1, -0.05) is 131 Å². The molecule has 0 saturated carbocycles. The van der Waals surface area contributed by atoms with Crippen LogP contribution in [0.2, 0.25) is 0 Å². The second-order valence-corrected chi connectivity index (χ2v) is 12.0. The van der Waals surface area contributed by atoms with E-state index in [9.17, 15) is 0 Å². The maximum Gasteiger partial charge on any atom is 2.00 e. The van der Waals surface area contributed by atoms with E-state index in [2.05, 4.69) is 106 Å². The van der Waals surface area contributed by atoms with Crippen molar-refractivity contribution in [2.24, 2.45) is 0 Å². The van der Waals surface area contributed by atoms with Crippen LogP contribution >= 0.6 is 0 Å². The van der Waals surface area contributed by atoms with E-state index in [0.29, 0.717) is 11.5 Å². The SMILES string of the molecule is Cc1cn2c3ccccc3c3ccc(Oc4[c-]c5c(cc4)c4cccnc4n4c(-c6ccccc6)c(-c6ccccc6)nc54)[c-]c3c2n1.[Pt+2]. The van der Waals surface area contributed by atoms with E-state index >= 15 is 0 Å². The van der Waals surface area contributed by atoms with Crippen molar-refractivity contribution in [2.45, 2.75) is 6.92 Å². The monoisotopic (exact) mass is 810 g/mol. The summed E-state index contributed by atoms with van der Waals surface area (Å²) in [6, 6.07) is 48.4. The number of hydrogen-bond donors (Lipinski definition) is 0. The number of rotatable bonds is 4. The number of aromatic nitrogens is 5. The van der Waals surface area contributed by atoms with Crippen LogP contribution in [0.1, 0.15) is 5.69 Å². The number of imidazole rings is 2. The largest absolute Gasteiger partial charge is 2.00 e. The van der Waals surface area contributed by atoms with E-state index in [-0.39, 0.29) is 21.1 Å². The van der Waals surface area contributed by atoms with Gasteiger partial charge in [-0.2, -0.15) is 0 Å². The first-order chi connectivity index (χ1) is 23.7. The van der Waals surface area contributed by atoms with Crippen molar-refractivity contribution in [3.63, 3.8) is 0 Å². The quantitative estimate of drug-likeness (QED) is 0.131. The van der Waals surface area contributed by atoms with Gasteiger partial charge in [0.25, 0.3) is 0 Å². The van der Waals surface area contributed by atoms with Crippen LogP contribution in [0.4, 0.5) is 0 Å². The van der Waals surface area contributed by atoms with E-state index in [1.54, 1.807) is 0 Å². The molecule has 0 atom stereocenters. The molecule has 0 spiro atoms. The van der Waals surface area contributed by atoms with E-state index in [1.807, 2.05) is 55.6 Å². The third-order valence-corrected chi connectivity index (χ3v) is 9.05. The molecule has 0 radical (unpaired) electrons. The Kier molecular flexibility index (Phi) is 6.82. The molecule has 0 aliphatic carbocycles. The van der Waals surface area contributed by atoms with Crippen molar-refractivity contribution in [1.29, 1.82) is 0 Å². The van der Waals surface area contributed by atoms with Gasteiger partial charge in [0.2, 0.25) is 0 Å². The summed E-state index contributed by atoms with van der Waals surface area (Å²) in [5.41, 5.74) is 8.48. The van der Waals surface area contributed by atoms with Gasteiger partial charge in [-0.25, -0.2) is 4.98 Å². The molecule has 5 aromatic carbocycles. The number of nitrogens with zero attached hydrogens (tertiary/aromatic N) is 5. The zero-order valence-corrected chi connectivity index (χ0v) is 28.4. The molecule has 0 unspecified atom stereocenters. The molecule has 10 rings (SSSR count). The Morgan fingerprint density at radius 2 is 1.20 bits per heavy atom. The van der Waals surface area contributed by atoms with Gasteiger partial charge < -0.3 is 13.5 Å². The van der Waals surface area contributed by atoms with E-state index in [1.165, 1.54) is 0 Å². The average Bonchev–Trinajstić information content (AvgIpc) is 3.75. The van der Waals surface area contributed by atoms with Crippen LogP contribution in [-0.2, 0) is 21.1 Å². The number of hydrogen-bond acceptors (Lipinski definition) is 4. The second-order valence-electron chi connectivity index (χ2n) is 12.0. The van der Waals surface area contributed by atoms with Gasteiger partial charge in [0.05, 0.1) is 22.7 Å². The predicted octanol–water partition coefficient (Wildman–Crippen LogP) is 10.0. The van der Waals surface area contributed by atoms with Gasteiger partial charge in [-0.3, -0.25) is 9.97 Å². The number of ether oxygens (including phenoxy) is 1. The summed E-state index contributed by atoms with van der Waals surface area (Å²) in [4.78, 5) is 15.0. The minimum absolute atomic E-state index is 0. The van der Waals surface area contributed by atoms with Crippen LogP contribution in [0, 0.1) is 19.1 Å². The van der Waals surface area contributed by atoms with Gasteiger partial charge in [0.15, 0.2) is 0 Å².